The minimum absolute atomic E-state index is 0.123. The van der Waals surface area contributed by atoms with Crippen molar-refractivity contribution >= 4 is 15.6 Å². The molecule has 3 nitrogen and oxygen atoms in total. The third kappa shape index (κ3) is 5.01. The van der Waals surface area contributed by atoms with Crippen LogP contribution in [0.25, 0.3) is 5.57 Å². The Morgan fingerprint density at radius 1 is 1.32 bits per heavy atom. The summed E-state index contributed by atoms with van der Waals surface area (Å²) in [5.41, 5.74) is 1.23. The van der Waals surface area contributed by atoms with Gasteiger partial charge in [-0.25, -0.2) is 13.6 Å². The molecule has 0 spiro atoms. The molecule has 19 heavy (non-hydrogen) atoms. The minimum Gasteiger partial charge on any atom is -0.225 e. The van der Waals surface area contributed by atoms with Crippen molar-refractivity contribution in [3.8, 4) is 0 Å². The van der Waals surface area contributed by atoms with Crippen molar-refractivity contribution < 1.29 is 8.42 Å². The monoisotopic (exact) mass is 279 g/mol. The summed E-state index contributed by atoms with van der Waals surface area (Å²) in [4.78, 5) is 0.123. The fraction of sp³-hybridized carbons (Fsp3) is 0.333. The Morgan fingerprint density at radius 3 is 2.63 bits per heavy atom. The number of unbranched alkanes of at least 4 members (excludes halogenated alkanes) is 3. The van der Waals surface area contributed by atoms with Crippen LogP contribution in [0.15, 0.2) is 47.9 Å². The molecule has 1 rings (SSSR count). The second kappa shape index (κ2) is 7.26. The van der Waals surface area contributed by atoms with E-state index in [0.29, 0.717) is 11.1 Å². The van der Waals surface area contributed by atoms with Gasteiger partial charge in [0.15, 0.2) is 0 Å². The molecule has 0 amide bonds. The van der Waals surface area contributed by atoms with Crippen LogP contribution in [0.4, 0.5) is 0 Å². The van der Waals surface area contributed by atoms with Gasteiger partial charge in [-0.3, -0.25) is 0 Å². The molecule has 1 aromatic rings. The van der Waals surface area contributed by atoms with Gasteiger partial charge in [0.25, 0.3) is 0 Å². The molecule has 4 heteroatoms. The molecule has 0 atom stereocenters. The molecule has 0 saturated carbocycles. The largest absolute Gasteiger partial charge is 0.238 e. The lowest BCUT2D eigenvalue weighted by Gasteiger charge is -2.07. The number of nitrogens with two attached hydrogens (primary N) is 1. The van der Waals surface area contributed by atoms with Crippen LogP contribution >= 0.6 is 0 Å². The van der Waals surface area contributed by atoms with Gasteiger partial charge in [-0.15, -0.1) is 0 Å². The summed E-state index contributed by atoms with van der Waals surface area (Å²) in [5.74, 6) is 0. The number of hydrogen-bond donors (Lipinski definition) is 1. The molecule has 0 aliphatic rings. The highest BCUT2D eigenvalue weighted by atomic mass is 32.2. The van der Waals surface area contributed by atoms with Gasteiger partial charge in [0.2, 0.25) is 10.0 Å². The Bertz CT molecular complexity index is 559. The van der Waals surface area contributed by atoms with E-state index in [9.17, 15) is 8.42 Å². The average Bonchev–Trinajstić information content (AvgIpc) is 2.37. The van der Waals surface area contributed by atoms with Crippen molar-refractivity contribution in [2.24, 2.45) is 5.14 Å². The zero-order valence-electron chi connectivity index (χ0n) is 11.3. The molecule has 0 bridgehead atoms. The Balaban J connectivity index is 2.83. The van der Waals surface area contributed by atoms with Crippen LogP contribution < -0.4 is 5.14 Å². The number of sulfonamides is 1. The number of primary sulfonamides is 1. The van der Waals surface area contributed by atoms with Gasteiger partial charge in [0, 0.05) is 5.56 Å². The van der Waals surface area contributed by atoms with Crippen LogP contribution in [-0.4, -0.2) is 8.42 Å². The molecule has 0 aliphatic heterocycles. The fourth-order valence-electron chi connectivity index (χ4n) is 1.81. The van der Waals surface area contributed by atoms with Gasteiger partial charge >= 0.3 is 0 Å². The predicted octanol–water partition coefficient (Wildman–Crippen LogP) is 3.48. The van der Waals surface area contributed by atoms with E-state index in [-0.39, 0.29) is 4.90 Å². The third-order valence-corrected chi connectivity index (χ3v) is 3.80. The van der Waals surface area contributed by atoms with E-state index in [0.717, 1.165) is 12.8 Å². The number of rotatable bonds is 7. The molecule has 104 valence electrons. The highest BCUT2D eigenvalue weighted by Gasteiger charge is 2.13. The Kier molecular flexibility index (Phi) is 5.99. The average molecular weight is 279 g/mol. The van der Waals surface area contributed by atoms with Gasteiger partial charge in [-0.2, -0.15) is 0 Å². The molecule has 0 heterocycles. The van der Waals surface area contributed by atoms with E-state index in [4.69, 9.17) is 5.14 Å². The lowest BCUT2D eigenvalue weighted by atomic mass is 10.1. The van der Waals surface area contributed by atoms with Crippen molar-refractivity contribution in [2.75, 3.05) is 0 Å². The summed E-state index contributed by atoms with van der Waals surface area (Å²) >= 11 is 0. The highest BCUT2D eigenvalue weighted by molar-refractivity contribution is 7.89. The second-order valence-electron chi connectivity index (χ2n) is 4.46. The molecule has 0 aromatic heterocycles. The molecule has 2 N–H and O–H groups in total. The molecule has 0 saturated heterocycles. The molecule has 0 radical (unpaired) electrons. The van der Waals surface area contributed by atoms with Crippen LogP contribution in [0, 0.1) is 0 Å². The van der Waals surface area contributed by atoms with Crippen LogP contribution in [0.1, 0.15) is 38.2 Å². The first kappa shape index (κ1) is 15.7. The maximum Gasteiger partial charge on any atom is 0.238 e. The van der Waals surface area contributed by atoms with Crippen LogP contribution in [0.2, 0.25) is 0 Å². The Hall–Kier alpha value is -1.39. The molecule has 0 unspecified atom stereocenters. The molecule has 0 fully saturated rings. The normalized spacial score (nSPS) is 11.9. The van der Waals surface area contributed by atoms with Crippen molar-refractivity contribution in [1.29, 1.82) is 0 Å². The zero-order valence-corrected chi connectivity index (χ0v) is 12.1. The van der Waals surface area contributed by atoms with Gasteiger partial charge < -0.3 is 0 Å². The lowest BCUT2D eigenvalue weighted by molar-refractivity contribution is 0.597. The first-order valence-electron chi connectivity index (χ1n) is 6.44. The van der Waals surface area contributed by atoms with Crippen molar-refractivity contribution in [1.82, 2.24) is 0 Å². The second-order valence-corrected chi connectivity index (χ2v) is 5.99. The molecule has 1 aromatic carbocycles. The van der Waals surface area contributed by atoms with E-state index in [1.54, 1.807) is 18.2 Å². The van der Waals surface area contributed by atoms with Gasteiger partial charge in [-0.05, 0) is 24.5 Å². The molecular formula is C15H21NO2S. The zero-order chi connectivity index (χ0) is 14.3. The summed E-state index contributed by atoms with van der Waals surface area (Å²) in [6.07, 6.45) is 8.38. The maximum atomic E-state index is 11.5. The Labute approximate surface area is 115 Å². The number of hydrogen-bond acceptors (Lipinski definition) is 2. The predicted molar refractivity (Wildman–Crippen MR) is 80.1 cm³/mol. The quantitative estimate of drug-likeness (QED) is 0.613. The first-order valence-corrected chi connectivity index (χ1v) is 7.99. The van der Waals surface area contributed by atoms with E-state index in [1.165, 1.54) is 18.9 Å². The topological polar surface area (TPSA) is 60.2 Å². The number of allylic oxidation sites excluding steroid dienone is 3. The SMILES string of the molecule is C=C(C=CCCCCC)c1ccccc1S(N)(=O)=O. The summed E-state index contributed by atoms with van der Waals surface area (Å²) < 4.78 is 23.0. The van der Waals surface area contributed by atoms with Crippen LogP contribution in [-0.2, 0) is 10.0 Å². The number of benzene rings is 1. The summed E-state index contributed by atoms with van der Waals surface area (Å²) in [6.45, 7) is 6.07. The van der Waals surface area contributed by atoms with E-state index < -0.39 is 10.0 Å². The molecular weight excluding hydrogens is 258 g/mol. The fourth-order valence-corrected chi connectivity index (χ4v) is 2.58. The van der Waals surface area contributed by atoms with Crippen LogP contribution in [0.5, 0.6) is 0 Å². The summed E-state index contributed by atoms with van der Waals surface area (Å²) in [6, 6.07) is 6.65. The standard InChI is InChI=1S/C15H21NO2S/c1-3-4-5-6-7-10-13(2)14-11-8-9-12-15(14)19(16,17)18/h7-12H,2-6H2,1H3,(H2,16,17,18). The van der Waals surface area contributed by atoms with Crippen LogP contribution in [0.3, 0.4) is 0 Å². The van der Waals surface area contributed by atoms with Gasteiger partial charge in [-0.1, -0.05) is 56.7 Å². The highest BCUT2D eigenvalue weighted by Crippen LogP contribution is 2.22. The Morgan fingerprint density at radius 2 is 2.00 bits per heavy atom. The molecule has 0 aliphatic carbocycles. The minimum atomic E-state index is -3.71. The van der Waals surface area contributed by atoms with Crippen molar-refractivity contribution in [3.63, 3.8) is 0 Å². The van der Waals surface area contributed by atoms with Gasteiger partial charge in [0.1, 0.15) is 0 Å². The first-order chi connectivity index (χ1) is 8.96. The van der Waals surface area contributed by atoms with E-state index in [2.05, 4.69) is 13.5 Å². The van der Waals surface area contributed by atoms with Crippen molar-refractivity contribution in [2.45, 2.75) is 37.5 Å². The third-order valence-electron chi connectivity index (χ3n) is 2.83. The van der Waals surface area contributed by atoms with E-state index >= 15 is 0 Å². The lowest BCUT2D eigenvalue weighted by Crippen LogP contribution is -2.14. The van der Waals surface area contributed by atoms with Gasteiger partial charge in [0.05, 0.1) is 4.90 Å². The summed E-state index contributed by atoms with van der Waals surface area (Å²) in [5, 5.41) is 5.20. The summed E-state index contributed by atoms with van der Waals surface area (Å²) in [7, 11) is -3.71. The smallest absolute Gasteiger partial charge is 0.225 e. The van der Waals surface area contributed by atoms with E-state index in [1.807, 2.05) is 12.2 Å². The van der Waals surface area contributed by atoms with Crippen molar-refractivity contribution in [3.05, 3.63) is 48.6 Å². The maximum absolute atomic E-state index is 11.5.